The molecule has 9 heteroatoms. The Morgan fingerprint density at radius 2 is 1.97 bits per heavy atom. The second kappa shape index (κ2) is 7.62. The lowest BCUT2D eigenvalue weighted by Gasteiger charge is -2.36. The minimum atomic E-state index is -0.701. The molecule has 4 rings (SSSR count). The Bertz CT molecular complexity index is 960. The van der Waals surface area contributed by atoms with E-state index in [1.54, 1.807) is 4.90 Å². The maximum absolute atomic E-state index is 13.4. The maximum Gasteiger partial charge on any atom is 0.410 e. The topological polar surface area (TPSA) is 84.4 Å². The van der Waals surface area contributed by atoms with Crippen molar-refractivity contribution < 1.29 is 23.1 Å². The number of anilines is 1. The lowest BCUT2D eigenvalue weighted by Crippen LogP contribution is -2.47. The molecule has 7 nitrogen and oxygen atoms in total. The Labute approximate surface area is 172 Å². The highest BCUT2D eigenvalue weighted by Gasteiger charge is 2.50. The van der Waals surface area contributed by atoms with Crippen LogP contribution in [0.5, 0.6) is 0 Å². The summed E-state index contributed by atoms with van der Waals surface area (Å²) < 4.78 is 32.2. The lowest BCUT2D eigenvalue weighted by atomic mass is 9.82. The largest absolute Gasteiger partial charge is 0.441 e. The second-order valence-corrected chi connectivity index (χ2v) is 8.27. The number of carbonyl (C=O) groups excluding carboxylic acids is 2. The number of piperidine rings is 1. The summed E-state index contributed by atoms with van der Waals surface area (Å²) in [4.78, 5) is 34.4. The van der Waals surface area contributed by atoms with Gasteiger partial charge in [0.2, 0.25) is 5.91 Å². The predicted molar refractivity (Wildman–Crippen MR) is 104 cm³/mol. The van der Waals surface area contributed by atoms with Gasteiger partial charge in [-0.3, -0.25) is 9.78 Å². The summed E-state index contributed by atoms with van der Waals surface area (Å²) in [6, 6.07) is 3.07. The van der Waals surface area contributed by atoms with Gasteiger partial charge < -0.3 is 15.0 Å². The number of ether oxygens (including phenoxy) is 1. The smallest absolute Gasteiger partial charge is 0.410 e. The van der Waals surface area contributed by atoms with Crippen molar-refractivity contribution in [2.24, 2.45) is 5.92 Å². The molecule has 2 aromatic rings. The average molecular weight is 416 g/mol. The van der Waals surface area contributed by atoms with Gasteiger partial charge in [-0.2, -0.15) is 0 Å². The molecule has 0 spiro atoms. The molecule has 2 aliphatic heterocycles. The molecule has 3 heterocycles. The summed E-state index contributed by atoms with van der Waals surface area (Å²) in [6.45, 7) is 4.35. The van der Waals surface area contributed by atoms with Crippen molar-refractivity contribution in [1.29, 1.82) is 0 Å². The molecule has 30 heavy (non-hydrogen) atoms. The fourth-order valence-electron chi connectivity index (χ4n) is 4.15. The van der Waals surface area contributed by atoms with Gasteiger partial charge in [0, 0.05) is 24.6 Å². The van der Waals surface area contributed by atoms with Gasteiger partial charge in [-0.1, -0.05) is 0 Å². The van der Waals surface area contributed by atoms with Crippen LogP contribution in [-0.2, 0) is 9.53 Å². The predicted octanol–water partition coefficient (Wildman–Crippen LogP) is 3.76. The van der Waals surface area contributed by atoms with Crippen LogP contribution in [0.25, 0.3) is 11.3 Å². The number of rotatable bonds is 4. The Balaban J connectivity index is 1.36. The number of fused-ring (bicyclic) bond motifs is 1. The standard InChI is InChI=1S/C21H22F2N4O3/c1-21(2)17-5-12(3-4-27(17)20(29)30-21)6-19(28)26-18-11-24-16(10-25-18)13-7-14(22)9-15(23)8-13/h7-12,17H,3-6H2,1-2H3,(H,25,26,28)/t12-,17+/m0/s1. The summed E-state index contributed by atoms with van der Waals surface area (Å²) in [5, 5.41) is 2.71. The van der Waals surface area contributed by atoms with E-state index in [0.717, 1.165) is 24.6 Å². The zero-order valence-corrected chi connectivity index (χ0v) is 16.7. The number of nitrogens with zero attached hydrogens (tertiary/aromatic N) is 3. The van der Waals surface area contributed by atoms with E-state index in [1.807, 2.05) is 13.8 Å². The van der Waals surface area contributed by atoms with Crippen molar-refractivity contribution in [2.75, 3.05) is 11.9 Å². The molecule has 1 N–H and O–H groups in total. The number of nitrogens with one attached hydrogen (secondary N) is 1. The van der Waals surface area contributed by atoms with Gasteiger partial charge in [-0.25, -0.2) is 18.6 Å². The van der Waals surface area contributed by atoms with E-state index >= 15 is 0 Å². The van der Waals surface area contributed by atoms with Gasteiger partial charge in [0.05, 0.1) is 24.1 Å². The number of halogens is 2. The molecule has 0 aliphatic carbocycles. The van der Waals surface area contributed by atoms with Gasteiger partial charge in [0.1, 0.15) is 17.2 Å². The molecule has 2 aliphatic rings. The van der Waals surface area contributed by atoms with Gasteiger partial charge in [0.15, 0.2) is 5.82 Å². The zero-order chi connectivity index (χ0) is 21.5. The van der Waals surface area contributed by atoms with Crippen LogP contribution in [0.2, 0.25) is 0 Å². The van der Waals surface area contributed by atoms with Gasteiger partial charge in [-0.05, 0) is 44.7 Å². The first kappa shape index (κ1) is 20.2. The first-order valence-electron chi connectivity index (χ1n) is 9.79. The van der Waals surface area contributed by atoms with E-state index in [-0.39, 0.29) is 35.3 Å². The molecule has 1 aromatic carbocycles. The third-order valence-corrected chi connectivity index (χ3v) is 5.65. The number of hydrogen-bond acceptors (Lipinski definition) is 5. The lowest BCUT2D eigenvalue weighted by molar-refractivity contribution is -0.117. The quantitative estimate of drug-likeness (QED) is 0.821. The average Bonchev–Trinajstić information content (AvgIpc) is 2.90. The molecule has 2 saturated heterocycles. The normalized spacial score (nSPS) is 22.4. The monoisotopic (exact) mass is 416 g/mol. The van der Waals surface area contributed by atoms with Crippen molar-refractivity contribution in [3.8, 4) is 11.3 Å². The Morgan fingerprint density at radius 3 is 2.63 bits per heavy atom. The van der Waals surface area contributed by atoms with Gasteiger partial charge in [0.25, 0.3) is 0 Å². The Hall–Kier alpha value is -3.10. The number of aromatic nitrogens is 2. The Morgan fingerprint density at radius 1 is 1.23 bits per heavy atom. The van der Waals surface area contributed by atoms with Crippen LogP contribution in [0.1, 0.15) is 33.1 Å². The van der Waals surface area contributed by atoms with Crippen LogP contribution in [0, 0.1) is 17.6 Å². The summed E-state index contributed by atoms with van der Waals surface area (Å²) in [5.41, 5.74) is -0.00307. The van der Waals surface area contributed by atoms with Crippen LogP contribution in [-0.4, -0.2) is 45.1 Å². The molecular formula is C21H22F2N4O3. The van der Waals surface area contributed by atoms with Crippen molar-refractivity contribution in [1.82, 2.24) is 14.9 Å². The highest BCUT2D eigenvalue weighted by atomic mass is 19.1. The summed E-state index contributed by atoms with van der Waals surface area (Å²) in [7, 11) is 0. The van der Waals surface area contributed by atoms with Gasteiger partial charge >= 0.3 is 6.09 Å². The first-order valence-corrected chi connectivity index (χ1v) is 9.79. The highest BCUT2D eigenvalue weighted by molar-refractivity contribution is 5.89. The van der Waals surface area contributed by atoms with Crippen molar-refractivity contribution in [3.63, 3.8) is 0 Å². The SMILES string of the molecule is CC1(C)OC(=O)N2CC[C@H](CC(=O)Nc3cnc(-c4cc(F)cc(F)c4)cn3)C[C@@H]21. The van der Waals surface area contributed by atoms with E-state index in [9.17, 15) is 18.4 Å². The summed E-state index contributed by atoms with van der Waals surface area (Å²) >= 11 is 0. The molecule has 0 unspecified atom stereocenters. The molecule has 2 fully saturated rings. The number of amides is 2. The van der Waals surface area contributed by atoms with E-state index in [0.29, 0.717) is 25.1 Å². The number of cyclic esters (lactones) is 1. The second-order valence-electron chi connectivity index (χ2n) is 8.27. The van der Waals surface area contributed by atoms with Crippen molar-refractivity contribution in [2.45, 2.75) is 44.8 Å². The third-order valence-electron chi connectivity index (χ3n) is 5.65. The fraction of sp³-hybridized carbons (Fsp3) is 0.429. The minimum Gasteiger partial charge on any atom is -0.441 e. The van der Waals surface area contributed by atoms with Crippen LogP contribution in [0.15, 0.2) is 30.6 Å². The van der Waals surface area contributed by atoms with Crippen molar-refractivity contribution in [3.05, 3.63) is 42.2 Å². The molecule has 0 radical (unpaired) electrons. The molecule has 2 amide bonds. The molecule has 1 aromatic heterocycles. The minimum absolute atomic E-state index is 0.0395. The molecule has 0 saturated carbocycles. The van der Waals surface area contributed by atoms with E-state index in [1.165, 1.54) is 12.4 Å². The molecular weight excluding hydrogens is 394 g/mol. The number of hydrogen-bond donors (Lipinski definition) is 1. The van der Waals surface area contributed by atoms with E-state index in [2.05, 4.69) is 15.3 Å². The number of carbonyl (C=O) groups is 2. The number of benzene rings is 1. The maximum atomic E-state index is 13.4. The summed E-state index contributed by atoms with van der Waals surface area (Å²) in [6.07, 6.45) is 4.14. The zero-order valence-electron chi connectivity index (χ0n) is 16.7. The molecule has 2 atom stereocenters. The molecule has 0 bridgehead atoms. The van der Waals surface area contributed by atoms with E-state index < -0.39 is 17.2 Å². The third kappa shape index (κ3) is 4.10. The fourth-order valence-corrected chi connectivity index (χ4v) is 4.15. The van der Waals surface area contributed by atoms with Crippen LogP contribution in [0.4, 0.5) is 19.4 Å². The van der Waals surface area contributed by atoms with Crippen molar-refractivity contribution >= 4 is 17.8 Å². The van der Waals surface area contributed by atoms with Crippen LogP contribution in [0.3, 0.4) is 0 Å². The highest BCUT2D eigenvalue weighted by Crippen LogP contribution is 2.38. The Kier molecular flexibility index (Phi) is 5.13. The van der Waals surface area contributed by atoms with Crippen LogP contribution >= 0.6 is 0 Å². The van der Waals surface area contributed by atoms with E-state index in [4.69, 9.17) is 4.74 Å². The first-order chi connectivity index (χ1) is 14.2. The summed E-state index contributed by atoms with van der Waals surface area (Å²) in [5.74, 6) is -1.21. The van der Waals surface area contributed by atoms with Gasteiger partial charge in [-0.15, -0.1) is 0 Å². The van der Waals surface area contributed by atoms with Crippen LogP contribution < -0.4 is 5.32 Å². The molecule has 158 valence electrons.